The Kier molecular flexibility index (Phi) is 7.80. The molecular weight excluding hydrogens is 773 g/mol. The van der Waals surface area contributed by atoms with E-state index in [1.54, 1.807) is 0 Å². The second-order valence-electron chi connectivity index (χ2n) is 15.9. The Morgan fingerprint density at radius 3 is 1.60 bits per heavy atom. The van der Waals surface area contributed by atoms with Crippen molar-refractivity contribution in [1.29, 1.82) is 0 Å². The van der Waals surface area contributed by atoms with Gasteiger partial charge in [0.25, 0.3) is 0 Å². The van der Waals surface area contributed by atoms with Crippen molar-refractivity contribution in [1.82, 2.24) is 19.5 Å². The Labute approximate surface area is 361 Å². The molecule has 0 aliphatic carbocycles. The summed E-state index contributed by atoms with van der Waals surface area (Å²) in [4.78, 5) is 15.1. The summed E-state index contributed by atoms with van der Waals surface area (Å²) >= 11 is 0. The lowest BCUT2D eigenvalue weighted by Gasteiger charge is -2.12. The number of fused-ring (bicyclic) bond motifs is 9. The molecule has 0 saturated heterocycles. The van der Waals surface area contributed by atoms with Crippen molar-refractivity contribution in [2.24, 2.45) is 0 Å². The lowest BCUT2D eigenvalue weighted by atomic mass is 9.93. The second kappa shape index (κ2) is 14.0. The van der Waals surface area contributed by atoms with E-state index in [4.69, 9.17) is 23.8 Å². The van der Waals surface area contributed by atoms with Crippen molar-refractivity contribution in [2.45, 2.75) is 0 Å². The average molecular weight is 807 g/mol. The van der Waals surface area contributed by atoms with Crippen LogP contribution in [0.5, 0.6) is 0 Å². The fourth-order valence-electron chi connectivity index (χ4n) is 9.33. The number of nitrogens with zero attached hydrogens (tertiary/aromatic N) is 4. The van der Waals surface area contributed by atoms with Crippen LogP contribution in [0, 0.1) is 0 Å². The molecule has 0 saturated carbocycles. The van der Waals surface area contributed by atoms with Gasteiger partial charge in [0.1, 0.15) is 22.3 Å². The van der Waals surface area contributed by atoms with E-state index in [-0.39, 0.29) is 0 Å². The molecule has 0 atom stereocenters. The van der Waals surface area contributed by atoms with Gasteiger partial charge in [0, 0.05) is 60.3 Å². The second-order valence-corrected chi connectivity index (χ2v) is 15.9. The van der Waals surface area contributed by atoms with Crippen LogP contribution in [0.25, 0.3) is 128 Å². The zero-order valence-corrected chi connectivity index (χ0v) is 33.7. The molecule has 13 rings (SSSR count). The summed E-state index contributed by atoms with van der Waals surface area (Å²) in [5, 5.41) is 6.66. The van der Waals surface area contributed by atoms with E-state index in [1.807, 2.05) is 54.6 Å². The summed E-state index contributed by atoms with van der Waals surface area (Å²) in [5.74, 6) is 1.71. The molecule has 0 radical (unpaired) electrons. The van der Waals surface area contributed by atoms with Crippen molar-refractivity contribution >= 4 is 65.7 Å². The molecule has 0 bridgehead atoms. The molecule has 0 N–H and O–H groups in total. The first kappa shape index (κ1) is 35.2. The topological polar surface area (TPSA) is 69.9 Å². The maximum atomic E-state index is 6.90. The van der Waals surface area contributed by atoms with E-state index in [2.05, 4.69) is 156 Å². The van der Waals surface area contributed by atoms with Crippen LogP contribution < -0.4 is 0 Å². The van der Waals surface area contributed by atoms with Crippen LogP contribution in [0.2, 0.25) is 0 Å². The van der Waals surface area contributed by atoms with Gasteiger partial charge in [0.2, 0.25) is 0 Å². The molecule has 13 aromatic rings. The Balaban J connectivity index is 0.939. The fourth-order valence-corrected chi connectivity index (χ4v) is 9.33. The molecule has 0 amide bonds. The quantitative estimate of drug-likeness (QED) is 0.167. The minimum atomic E-state index is 0.555. The van der Waals surface area contributed by atoms with Crippen LogP contribution in [0.1, 0.15) is 0 Å². The number of rotatable bonds is 6. The Hall–Kier alpha value is -8.61. The molecule has 4 aromatic heterocycles. The highest BCUT2D eigenvalue weighted by molar-refractivity contribution is 6.13. The summed E-state index contributed by atoms with van der Waals surface area (Å²) in [6.45, 7) is 0. The van der Waals surface area contributed by atoms with Gasteiger partial charge < -0.3 is 13.4 Å². The average Bonchev–Trinajstić information content (AvgIpc) is 4.03. The molecular formula is C57H34N4O2. The highest BCUT2D eigenvalue weighted by atomic mass is 16.3. The Morgan fingerprint density at radius 2 is 0.825 bits per heavy atom. The molecule has 63 heavy (non-hydrogen) atoms. The predicted octanol–water partition coefficient (Wildman–Crippen LogP) is 15.1. The summed E-state index contributed by atoms with van der Waals surface area (Å²) in [5.41, 5.74) is 13.7. The lowest BCUT2D eigenvalue weighted by Crippen LogP contribution is -2.00. The van der Waals surface area contributed by atoms with Crippen molar-refractivity contribution in [3.8, 4) is 62.1 Å². The third-order valence-corrected chi connectivity index (χ3v) is 12.3. The zero-order chi connectivity index (χ0) is 41.4. The molecule has 4 heterocycles. The normalized spacial score (nSPS) is 11.8. The smallest absolute Gasteiger partial charge is 0.164 e. The predicted molar refractivity (Wildman–Crippen MR) is 256 cm³/mol. The molecule has 9 aromatic carbocycles. The first-order chi connectivity index (χ1) is 31.2. The molecule has 0 spiro atoms. The van der Waals surface area contributed by atoms with Gasteiger partial charge in [-0.1, -0.05) is 152 Å². The minimum absolute atomic E-state index is 0.555. The van der Waals surface area contributed by atoms with Crippen molar-refractivity contribution in [3.05, 3.63) is 206 Å². The molecule has 0 aliphatic rings. The lowest BCUT2D eigenvalue weighted by molar-refractivity contribution is 0.669. The maximum absolute atomic E-state index is 6.90. The number of para-hydroxylation sites is 4. The molecule has 0 fully saturated rings. The van der Waals surface area contributed by atoms with Crippen LogP contribution in [0.3, 0.4) is 0 Å². The van der Waals surface area contributed by atoms with Gasteiger partial charge in [-0.15, -0.1) is 0 Å². The number of benzene rings is 9. The first-order valence-corrected chi connectivity index (χ1v) is 21.1. The van der Waals surface area contributed by atoms with Gasteiger partial charge in [0.05, 0.1) is 11.0 Å². The first-order valence-electron chi connectivity index (χ1n) is 21.1. The zero-order valence-electron chi connectivity index (χ0n) is 33.7. The van der Waals surface area contributed by atoms with Gasteiger partial charge in [-0.25, -0.2) is 15.0 Å². The van der Waals surface area contributed by atoms with E-state index >= 15 is 0 Å². The van der Waals surface area contributed by atoms with Crippen LogP contribution >= 0.6 is 0 Å². The molecule has 0 unspecified atom stereocenters. The van der Waals surface area contributed by atoms with Crippen LogP contribution in [-0.2, 0) is 0 Å². The van der Waals surface area contributed by atoms with Crippen molar-refractivity contribution < 1.29 is 8.83 Å². The maximum Gasteiger partial charge on any atom is 0.164 e. The van der Waals surface area contributed by atoms with Gasteiger partial charge in [-0.3, -0.25) is 0 Å². The third kappa shape index (κ3) is 5.69. The van der Waals surface area contributed by atoms with E-state index in [0.717, 1.165) is 94.0 Å². The van der Waals surface area contributed by atoms with E-state index in [9.17, 15) is 0 Å². The largest absolute Gasteiger partial charge is 0.456 e. The van der Waals surface area contributed by atoms with Crippen LogP contribution in [0.15, 0.2) is 215 Å². The standard InChI is InChI=1S/C57H34N4O2/c1-3-14-35(15-4-1)55-58-56(37-27-30-45-44-21-10-12-25-51(44)62-52(45)33-37)60-57(59-55)38-28-31-46-48-23-13-22-47(54(48)63-53(46)34-38)41-19-8-7-18-40(41)36-26-29-43-42-20-9-11-24-49(42)61(50(43)32-36)39-16-5-2-6-17-39/h1-34H. The van der Waals surface area contributed by atoms with Crippen LogP contribution in [-0.4, -0.2) is 19.5 Å². The van der Waals surface area contributed by atoms with Gasteiger partial charge in [-0.05, 0) is 71.3 Å². The Bertz CT molecular complexity index is 3920. The van der Waals surface area contributed by atoms with Crippen molar-refractivity contribution in [3.63, 3.8) is 0 Å². The Morgan fingerprint density at radius 1 is 0.302 bits per heavy atom. The summed E-state index contributed by atoms with van der Waals surface area (Å²) in [7, 11) is 0. The van der Waals surface area contributed by atoms with Gasteiger partial charge in [-0.2, -0.15) is 0 Å². The van der Waals surface area contributed by atoms with Crippen LogP contribution in [0.4, 0.5) is 0 Å². The number of aromatic nitrogens is 4. The fraction of sp³-hybridized carbons (Fsp3) is 0. The molecule has 294 valence electrons. The summed E-state index contributed by atoms with van der Waals surface area (Å²) in [6.07, 6.45) is 0. The van der Waals surface area contributed by atoms with E-state index < -0.39 is 0 Å². The molecule has 6 heteroatoms. The van der Waals surface area contributed by atoms with Crippen molar-refractivity contribution in [2.75, 3.05) is 0 Å². The third-order valence-electron chi connectivity index (χ3n) is 12.3. The minimum Gasteiger partial charge on any atom is -0.456 e. The molecule has 6 nitrogen and oxygen atoms in total. The SMILES string of the molecule is c1ccc(-c2nc(-c3ccc4c(c3)oc3ccccc34)nc(-c3ccc4c(c3)oc3c(-c5ccccc5-c5ccc6c7ccccc7n(-c7ccccc7)c6c5)cccc34)n2)cc1. The summed E-state index contributed by atoms with van der Waals surface area (Å²) in [6, 6.07) is 71.7. The highest BCUT2D eigenvalue weighted by Crippen LogP contribution is 2.42. The number of hydrogen-bond donors (Lipinski definition) is 0. The molecule has 0 aliphatic heterocycles. The van der Waals surface area contributed by atoms with E-state index in [0.29, 0.717) is 17.5 Å². The van der Waals surface area contributed by atoms with E-state index in [1.165, 1.54) is 16.3 Å². The van der Waals surface area contributed by atoms with Gasteiger partial charge in [0.15, 0.2) is 17.5 Å². The monoisotopic (exact) mass is 806 g/mol. The number of furan rings is 2. The van der Waals surface area contributed by atoms with Gasteiger partial charge >= 0.3 is 0 Å². The highest BCUT2D eigenvalue weighted by Gasteiger charge is 2.20. The number of hydrogen-bond acceptors (Lipinski definition) is 5. The summed E-state index contributed by atoms with van der Waals surface area (Å²) < 4.78 is 15.5.